The topological polar surface area (TPSA) is 189 Å². The molecular weight excluding hydrogens is 1810 g/mol. The smallest absolute Gasteiger partial charge is 0.336 e. The minimum absolute atomic E-state index is 0.152. The van der Waals surface area contributed by atoms with E-state index in [-0.39, 0.29) is 11.6 Å². The van der Waals surface area contributed by atoms with Gasteiger partial charge in [0.2, 0.25) is 0 Å². The standard InChI is InChI=1S/C9H7N.C9H6O2.C9H10.C9H8.2C8H7N.C8H6O2.2C8H8O.C8H6O.C7H6N2.C7H5NO.C7H5NS.12C2H6/c1-2-6-9-8(4-1)5-3-7-10-9;10-9-6-5-7-3-1-2-4-8(7)11-9;2*1-2-5-9-7-3-6-8(9)4-1;1-2-4-8-6-9-5-7(8)3-1;1-2-4-8-7(3-1)5-6-9-8;9-8-5-6-3-1-2-4-7(6)10-8;3*1-2-4-8-7(3-1)5-6-9-8;1-2-4-7-6(3-1)5-8-9-7;2*1-2-4-7-6(3-1)8-5-9-7;12*1-2/h1-7H;1-6H;1-2,4-5H,3,6-7H2;1-6H,7H2;1-5H,6H2;1-4,6H,5H2;1-4H,5H2;2*1-4H,5-6H2;1-6H;1-4H,5H2;2*1-5H;12*1-2H3. The van der Waals surface area contributed by atoms with Crippen LogP contribution in [-0.4, -0.2) is 46.6 Å². The van der Waals surface area contributed by atoms with Crippen LogP contribution < -0.4 is 19.8 Å². The zero-order chi connectivity index (χ0) is 107. The van der Waals surface area contributed by atoms with Crippen molar-refractivity contribution in [1.29, 1.82) is 0 Å². The maximum absolute atomic E-state index is 10.7. The number of aromatic nitrogens is 3. The number of rotatable bonds is 0. The minimum Gasteiger partial charge on any atom is -0.493 e. The lowest BCUT2D eigenvalue weighted by molar-refractivity contribution is -0.131. The second-order valence-corrected chi connectivity index (χ2v) is 28.9. The van der Waals surface area contributed by atoms with Gasteiger partial charge in [-0.1, -0.05) is 427 Å². The molecule has 0 spiro atoms. The number of benzene rings is 13. The van der Waals surface area contributed by atoms with E-state index in [1.807, 2.05) is 409 Å². The highest BCUT2D eigenvalue weighted by atomic mass is 32.1. The normalized spacial score (nSPS) is 11.1. The molecule has 0 radical (unpaired) electrons. The van der Waals surface area contributed by atoms with E-state index in [4.69, 9.17) is 27.5 Å². The molecule has 18 aromatic rings. The van der Waals surface area contributed by atoms with Crippen molar-refractivity contribution in [3.8, 4) is 17.2 Å². The van der Waals surface area contributed by atoms with Gasteiger partial charge in [-0.2, -0.15) is 10.2 Å². The van der Waals surface area contributed by atoms with Gasteiger partial charge in [0, 0.05) is 71.2 Å². The van der Waals surface area contributed by atoms with Gasteiger partial charge in [0.15, 0.2) is 12.0 Å². The highest BCUT2D eigenvalue weighted by Crippen LogP contribution is 2.29. The Morgan fingerprint density at radius 1 is 0.317 bits per heavy atom. The number of hydrogen-bond acceptors (Lipinski definition) is 16. The molecule has 766 valence electrons. The summed E-state index contributed by atoms with van der Waals surface area (Å²) in [7, 11) is 0. The Morgan fingerprint density at radius 2 is 0.779 bits per heavy atom. The predicted molar refractivity (Wildman–Crippen MR) is 626 cm³/mol. The molecule has 0 saturated carbocycles. The summed E-state index contributed by atoms with van der Waals surface area (Å²) in [5.41, 5.74) is 24.1. The number of azo groups is 1. The van der Waals surface area contributed by atoms with Crippen LogP contribution in [0.3, 0.4) is 0 Å². The Kier molecular flexibility index (Phi) is 72.0. The van der Waals surface area contributed by atoms with Crippen LogP contribution in [0.15, 0.2) is 414 Å². The number of oxazole rings is 1. The number of para-hydroxylation sites is 10. The van der Waals surface area contributed by atoms with Crippen LogP contribution in [0.25, 0.3) is 60.2 Å². The molecule has 145 heavy (non-hydrogen) atoms. The first-order valence-electron chi connectivity index (χ1n) is 52.3. The molecule has 0 fully saturated rings. The number of thiazole rings is 1. The maximum Gasteiger partial charge on any atom is 0.336 e. The number of aliphatic imine (C=N–C) groups is 2. The summed E-state index contributed by atoms with van der Waals surface area (Å²) in [5, 5.41) is 11.1. The zero-order valence-corrected chi connectivity index (χ0v) is 91.6. The number of esters is 1. The van der Waals surface area contributed by atoms with E-state index in [1.54, 1.807) is 46.9 Å². The number of carbonyl (C=O) groups excluding carboxylic acids is 1. The summed E-state index contributed by atoms with van der Waals surface area (Å²) >= 11 is 1.68. The molecule has 0 unspecified atom stereocenters. The van der Waals surface area contributed by atoms with E-state index in [1.165, 1.54) is 86.3 Å². The minimum atomic E-state index is -0.302. The lowest BCUT2D eigenvalue weighted by Gasteiger charge is -1.93. The molecule has 0 saturated heterocycles. The largest absolute Gasteiger partial charge is 0.493 e. The summed E-state index contributed by atoms with van der Waals surface area (Å²) in [6, 6.07) is 114. The Hall–Kier alpha value is -14.9. The van der Waals surface area contributed by atoms with Gasteiger partial charge in [0.05, 0.1) is 71.6 Å². The Balaban J connectivity index is 0.000000522. The van der Waals surface area contributed by atoms with Crippen LogP contribution in [0.2, 0.25) is 0 Å². The van der Waals surface area contributed by atoms with Crippen molar-refractivity contribution in [2.45, 2.75) is 231 Å². The van der Waals surface area contributed by atoms with Crippen molar-refractivity contribution in [3.63, 3.8) is 0 Å². The summed E-state index contributed by atoms with van der Waals surface area (Å²) in [5.74, 6) is 2.70. The number of furan rings is 1. The van der Waals surface area contributed by atoms with Crippen molar-refractivity contribution < 1.29 is 32.3 Å². The maximum atomic E-state index is 10.7. The van der Waals surface area contributed by atoms with Crippen LogP contribution >= 0.6 is 11.3 Å². The third-order valence-corrected chi connectivity index (χ3v) is 20.6. The van der Waals surface area contributed by atoms with Gasteiger partial charge in [0.1, 0.15) is 33.9 Å². The SMILES string of the molecule is C1=Cc2ccccc2C1.C1=NCc2ccccc21.C1=Nc2ccccc2C1.CC.CC.CC.CC.CC.CC.CC.CC.CC.CC.CC.CC.O=C1Cc2ccccc2O1.O=c1ccc2ccccc2o1.c1ccc2c(c1)CCC2.c1ccc2c(c1)CCO2.c1ccc2c(c1)CCO2.c1ccc2c(c1)CN=N2.c1ccc2ncccc2c1.c1ccc2occc2c1.c1ccc2ocnc2c1.c1ccc2scnc2c1. The fourth-order valence-electron chi connectivity index (χ4n) is 13.6. The highest BCUT2D eigenvalue weighted by molar-refractivity contribution is 7.16. The number of fused-ring (bicyclic) bond motifs is 13. The second-order valence-electron chi connectivity index (χ2n) is 28.0. The monoisotopic (exact) mass is 1970 g/mol. The first-order valence-corrected chi connectivity index (χ1v) is 53.2. The van der Waals surface area contributed by atoms with E-state index < -0.39 is 0 Å². The van der Waals surface area contributed by atoms with E-state index in [9.17, 15) is 9.59 Å². The Morgan fingerprint density at radius 3 is 1.33 bits per heavy atom. The number of aryl methyl sites for hydroxylation is 2. The van der Waals surface area contributed by atoms with Crippen LogP contribution in [0, 0.1) is 0 Å². The fourth-order valence-corrected chi connectivity index (χ4v) is 14.3. The number of ether oxygens (including phenoxy) is 3. The quantitative estimate of drug-likeness (QED) is 0.0798. The predicted octanol–water partition coefficient (Wildman–Crippen LogP) is 37.6. The number of hydrogen-bond donors (Lipinski definition) is 0. The van der Waals surface area contributed by atoms with Gasteiger partial charge < -0.3 is 27.5 Å². The lowest BCUT2D eigenvalue weighted by atomic mass is 10.1. The fraction of sp³-hybridized carbons (Fsp3) is 0.279. The van der Waals surface area contributed by atoms with Gasteiger partial charge in [-0.3, -0.25) is 19.8 Å². The summed E-state index contributed by atoms with van der Waals surface area (Å²) < 4.78 is 31.8. The zero-order valence-electron chi connectivity index (χ0n) is 90.8. The highest BCUT2D eigenvalue weighted by Gasteiger charge is 2.19. The first kappa shape index (κ1) is 126. The van der Waals surface area contributed by atoms with Crippen molar-refractivity contribution in [2.75, 3.05) is 13.2 Å². The molecule has 5 aromatic heterocycles. The molecule has 8 aliphatic rings. The first-order chi connectivity index (χ1) is 71.8. The van der Waals surface area contributed by atoms with Gasteiger partial charge in [-0.25, -0.2) is 14.8 Å². The molecule has 0 amide bonds. The molecule has 2 aliphatic carbocycles. The van der Waals surface area contributed by atoms with Crippen molar-refractivity contribution in [1.82, 2.24) is 15.0 Å². The summed E-state index contributed by atoms with van der Waals surface area (Å²) in [6.07, 6.45) is 21.9. The van der Waals surface area contributed by atoms with Gasteiger partial charge in [-0.15, -0.1) is 11.3 Å². The summed E-state index contributed by atoms with van der Waals surface area (Å²) in [6.45, 7) is 51.4. The molecule has 13 aromatic carbocycles. The number of carbonyl (C=O) groups is 1. The Labute approximate surface area is 871 Å². The average Bonchev–Trinajstić information content (AvgIpc) is 1.52. The third-order valence-electron chi connectivity index (χ3n) is 19.8. The van der Waals surface area contributed by atoms with Gasteiger partial charge in [-0.05, 0) is 167 Å². The molecule has 15 nitrogen and oxygen atoms in total. The summed E-state index contributed by atoms with van der Waals surface area (Å²) in [4.78, 5) is 42.0. The number of pyridine rings is 1. The van der Waals surface area contributed by atoms with E-state index >= 15 is 0 Å². The van der Waals surface area contributed by atoms with Crippen LogP contribution in [0.4, 0.5) is 11.4 Å². The molecule has 11 heterocycles. The van der Waals surface area contributed by atoms with Crippen molar-refractivity contribution >= 4 is 101 Å². The average molecular weight is 1970 g/mol. The second kappa shape index (κ2) is 82.7. The van der Waals surface area contributed by atoms with Crippen molar-refractivity contribution in [2.24, 2.45) is 20.2 Å². The molecule has 6 aliphatic heterocycles. The van der Waals surface area contributed by atoms with Crippen LogP contribution in [0.5, 0.6) is 17.2 Å². The number of allylic oxidation sites excluding steroid dienone is 1. The van der Waals surface area contributed by atoms with E-state index in [0.717, 1.165) is 119 Å². The third kappa shape index (κ3) is 46.4. The van der Waals surface area contributed by atoms with Crippen molar-refractivity contribution in [3.05, 3.63) is 448 Å². The molecule has 0 N–H and O–H groups in total. The number of nitrogens with zero attached hydrogens (tertiary/aromatic N) is 7. The Bertz CT molecular complexity index is 5770. The van der Waals surface area contributed by atoms with Gasteiger partial charge >= 0.3 is 11.6 Å². The molecule has 0 atom stereocenters. The molecular formula is C129H161N7O8S. The van der Waals surface area contributed by atoms with E-state index in [0.29, 0.717) is 17.8 Å². The molecule has 26 rings (SSSR count). The van der Waals surface area contributed by atoms with E-state index in [2.05, 4.69) is 150 Å². The lowest BCUT2D eigenvalue weighted by Crippen LogP contribution is -1.99. The van der Waals surface area contributed by atoms with Crippen LogP contribution in [-0.2, 0) is 62.8 Å². The van der Waals surface area contributed by atoms with Gasteiger partial charge in [0.25, 0.3) is 0 Å². The molecule has 0 bridgehead atoms. The molecule has 16 heteroatoms. The van der Waals surface area contributed by atoms with Crippen LogP contribution in [0.1, 0.15) is 234 Å².